The normalized spacial score (nSPS) is 11.9. The molecule has 0 saturated carbocycles. The Morgan fingerprint density at radius 3 is 1.09 bits per heavy atom. The molecule has 1 unspecified atom stereocenters. The van der Waals surface area contributed by atoms with Gasteiger partial charge in [-0.2, -0.15) is 0 Å². The fraction of sp³-hybridized carbons (Fsp3) is 0.714. The highest BCUT2D eigenvalue weighted by molar-refractivity contribution is 5.75. The van der Waals surface area contributed by atoms with E-state index in [1.807, 2.05) is 13.8 Å². The molecule has 0 fully saturated rings. The zero-order chi connectivity index (χ0) is 17.7. The van der Waals surface area contributed by atoms with Gasteiger partial charge in [-0.1, -0.05) is 0 Å². The molecule has 0 aliphatic carbocycles. The molecule has 0 saturated heterocycles. The quantitative estimate of drug-likeness (QED) is 0.518. The summed E-state index contributed by atoms with van der Waals surface area (Å²) in [5.41, 5.74) is 0. The summed E-state index contributed by atoms with van der Waals surface area (Å²) in [5, 5.41) is 10.5. The van der Waals surface area contributed by atoms with Gasteiger partial charge < -0.3 is 21.3 Å². The van der Waals surface area contributed by atoms with Crippen LogP contribution in [0.25, 0.3) is 0 Å². The Hall–Kier alpha value is -2.12. The molecule has 0 aliphatic rings. The number of nitrogens with one attached hydrogen (secondary N) is 4. The second-order valence-electron chi connectivity index (χ2n) is 5.08. The summed E-state index contributed by atoms with van der Waals surface area (Å²) in [5.74, 6) is -0.324. The van der Waals surface area contributed by atoms with Gasteiger partial charge in [0.2, 0.25) is 23.6 Å². The molecule has 8 nitrogen and oxygen atoms in total. The van der Waals surface area contributed by atoms with E-state index in [9.17, 15) is 19.2 Å². The summed E-state index contributed by atoms with van der Waals surface area (Å²) in [6, 6.07) is -0.00667. The van der Waals surface area contributed by atoms with Crippen LogP contribution in [0.5, 0.6) is 0 Å². The van der Waals surface area contributed by atoms with Crippen LogP contribution in [-0.2, 0) is 19.2 Å². The number of hydrogen-bond acceptors (Lipinski definition) is 4. The summed E-state index contributed by atoms with van der Waals surface area (Å²) in [4.78, 5) is 41.8. The van der Waals surface area contributed by atoms with Gasteiger partial charge in [-0.25, -0.2) is 0 Å². The van der Waals surface area contributed by atoms with Crippen LogP contribution in [0.15, 0.2) is 0 Å². The fourth-order valence-electron chi connectivity index (χ4n) is 1.39. The second-order valence-corrected chi connectivity index (χ2v) is 5.08. The summed E-state index contributed by atoms with van der Waals surface area (Å²) in [6.45, 7) is 10.4. The lowest BCUT2D eigenvalue weighted by molar-refractivity contribution is -0.121. The maximum atomic E-state index is 10.5. The van der Waals surface area contributed by atoms with Gasteiger partial charge in [-0.15, -0.1) is 0 Å². The molecule has 0 aliphatic heterocycles. The van der Waals surface area contributed by atoms with Crippen LogP contribution in [0.3, 0.4) is 0 Å². The maximum absolute atomic E-state index is 10.5. The number of carbonyl (C=O) groups excluding carboxylic acids is 4. The van der Waals surface area contributed by atoms with Gasteiger partial charge in [0.05, 0.1) is 0 Å². The molecule has 0 heterocycles. The Kier molecular flexibility index (Phi) is 12.7. The molecule has 0 aromatic heterocycles. The van der Waals surface area contributed by atoms with Crippen LogP contribution in [0.1, 0.15) is 41.5 Å². The van der Waals surface area contributed by atoms with Crippen LogP contribution in [0, 0.1) is 0 Å². The average molecular weight is 316 g/mol. The number of hydrogen-bond donors (Lipinski definition) is 4. The van der Waals surface area contributed by atoms with Gasteiger partial charge in [0.15, 0.2) is 0 Å². The van der Waals surface area contributed by atoms with Crippen molar-refractivity contribution in [1.82, 2.24) is 21.3 Å². The van der Waals surface area contributed by atoms with Crippen LogP contribution in [-0.4, -0.2) is 48.8 Å². The monoisotopic (exact) mass is 316 g/mol. The smallest absolute Gasteiger partial charge is 0.217 e. The maximum Gasteiger partial charge on any atom is 0.217 e. The van der Waals surface area contributed by atoms with Gasteiger partial charge in [0.1, 0.15) is 0 Å². The predicted molar refractivity (Wildman–Crippen MR) is 83.9 cm³/mol. The first-order chi connectivity index (χ1) is 10.0. The Morgan fingerprint density at radius 1 is 0.636 bits per heavy atom. The zero-order valence-corrected chi connectivity index (χ0v) is 14.2. The van der Waals surface area contributed by atoms with Crippen molar-refractivity contribution < 1.29 is 19.2 Å². The standard InChI is InChI=1S/2C7H14N2O2/c2*1-5(9-7(3)11)4-8-6(2)10/h2*5H,4H2,1-3H3,(H,8,10)(H,9,11)/t5-;/m1./s1. The number of carbonyl (C=O) groups is 4. The number of rotatable bonds is 6. The summed E-state index contributed by atoms with van der Waals surface area (Å²) in [7, 11) is 0. The van der Waals surface area contributed by atoms with Crippen molar-refractivity contribution >= 4 is 23.6 Å². The zero-order valence-electron chi connectivity index (χ0n) is 14.2. The van der Waals surface area contributed by atoms with Crippen molar-refractivity contribution in [3.05, 3.63) is 0 Å². The molecule has 0 bridgehead atoms. The Bertz CT molecular complexity index is 349. The van der Waals surface area contributed by atoms with Crippen molar-refractivity contribution in [1.29, 1.82) is 0 Å². The molecule has 128 valence electrons. The minimum atomic E-state index is -0.0813. The van der Waals surface area contributed by atoms with Crippen LogP contribution >= 0.6 is 0 Å². The Balaban J connectivity index is 0. The molecule has 22 heavy (non-hydrogen) atoms. The third-order valence-corrected chi connectivity index (χ3v) is 2.21. The minimum Gasteiger partial charge on any atom is -0.354 e. The predicted octanol–water partition coefficient (Wildman–Crippen LogP) is -0.706. The van der Waals surface area contributed by atoms with Crippen molar-refractivity contribution in [2.75, 3.05) is 13.1 Å². The average Bonchev–Trinajstić information content (AvgIpc) is 2.33. The molecule has 8 heteroatoms. The minimum absolute atomic E-state index is 0.00333. The molecule has 4 amide bonds. The molecule has 2 atom stereocenters. The Labute approximate surface area is 131 Å². The first kappa shape index (κ1) is 22.2. The lowest BCUT2D eigenvalue weighted by Gasteiger charge is -2.11. The van der Waals surface area contributed by atoms with Crippen molar-refractivity contribution in [2.24, 2.45) is 0 Å². The second kappa shape index (κ2) is 12.6. The van der Waals surface area contributed by atoms with E-state index in [0.29, 0.717) is 13.1 Å². The van der Waals surface area contributed by atoms with E-state index < -0.39 is 0 Å². The molecule has 0 spiro atoms. The third kappa shape index (κ3) is 20.2. The van der Waals surface area contributed by atoms with Gasteiger partial charge in [-0.3, -0.25) is 19.2 Å². The van der Waals surface area contributed by atoms with Gasteiger partial charge >= 0.3 is 0 Å². The lowest BCUT2D eigenvalue weighted by Crippen LogP contribution is -2.40. The van der Waals surface area contributed by atoms with Gasteiger partial charge in [-0.05, 0) is 13.8 Å². The molecule has 0 rings (SSSR count). The lowest BCUT2D eigenvalue weighted by atomic mass is 10.3. The molecular formula is C14H28N4O4. The molecular weight excluding hydrogens is 288 g/mol. The highest BCUT2D eigenvalue weighted by Crippen LogP contribution is 1.78. The van der Waals surface area contributed by atoms with E-state index in [-0.39, 0.29) is 35.7 Å². The summed E-state index contributed by atoms with van der Waals surface area (Å²) < 4.78 is 0. The van der Waals surface area contributed by atoms with Crippen LogP contribution in [0.2, 0.25) is 0 Å². The molecule has 0 aromatic rings. The van der Waals surface area contributed by atoms with E-state index in [0.717, 1.165) is 0 Å². The molecule has 0 radical (unpaired) electrons. The molecule has 0 aromatic carbocycles. The van der Waals surface area contributed by atoms with Crippen molar-refractivity contribution in [2.45, 2.75) is 53.6 Å². The number of amides is 4. The van der Waals surface area contributed by atoms with E-state index >= 15 is 0 Å². The van der Waals surface area contributed by atoms with Gasteiger partial charge in [0, 0.05) is 52.9 Å². The first-order valence-corrected chi connectivity index (χ1v) is 7.07. The highest BCUT2D eigenvalue weighted by atomic mass is 16.2. The van der Waals surface area contributed by atoms with Crippen molar-refractivity contribution in [3.63, 3.8) is 0 Å². The topological polar surface area (TPSA) is 116 Å². The van der Waals surface area contributed by atoms with E-state index in [1.165, 1.54) is 27.7 Å². The largest absolute Gasteiger partial charge is 0.354 e. The van der Waals surface area contributed by atoms with Crippen molar-refractivity contribution in [3.8, 4) is 0 Å². The first-order valence-electron chi connectivity index (χ1n) is 7.07. The van der Waals surface area contributed by atoms with E-state index in [1.54, 1.807) is 0 Å². The summed E-state index contributed by atoms with van der Waals surface area (Å²) in [6.07, 6.45) is 0. The third-order valence-electron chi connectivity index (χ3n) is 2.21. The van der Waals surface area contributed by atoms with Crippen LogP contribution in [0.4, 0.5) is 0 Å². The summed E-state index contributed by atoms with van der Waals surface area (Å²) >= 11 is 0. The Morgan fingerprint density at radius 2 is 0.909 bits per heavy atom. The van der Waals surface area contributed by atoms with Crippen LogP contribution < -0.4 is 21.3 Å². The molecule has 4 N–H and O–H groups in total. The van der Waals surface area contributed by atoms with E-state index in [4.69, 9.17) is 0 Å². The highest BCUT2D eigenvalue weighted by Gasteiger charge is 2.03. The fourth-order valence-corrected chi connectivity index (χ4v) is 1.39. The van der Waals surface area contributed by atoms with Gasteiger partial charge in [0.25, 0.3) is 0 Å². The van der Waals surface area contributed by atoms with E-state index in [2.05, 4.69) is 21.3 Å². The SMILES string of the molecule is CC(=O)NCC(C)NC(C)=O.CC(=O)NC[C@@H](C)NC(C)=O.